The number of hydrogen-bond donors (Lipinski definition) is 1. The van der Waals surface area contributed by atoms with Crippen LogP contribution in [0.25, 0.3) is 0 Å². The van der Waals surface area contributed by atoms with E-state index in [0.717, 1.165) is 0 Å². The highest BCUT2D eigenvalue weighted by Crippen LogP contribution is 1.92. The highest BCUT2D eigenvalue weighted by Gasteiger charge is 2.05. The Morgan fingerprint density at radius 3 is 2.11 bits per heavy atom. The van der Waals surface area contributed by atoms with E-state index in [9.17, 15) is 4.79 Å². The number of primary amides is 1. The first kappa shape index (κ1) is 12.2. The molecule has 0 atom stereocenters. The fourth-order valence-corrected chi connectivity index (χ4v) is 1.48. The van der Waals surface area contributed by atoms with E-state index in [2.05, 4.69) is 0 Å². The van der Waals surface area contributed by atoms with E-state index in [1.807, 2.05) is 39.7 Å². The number of rotatable bonds is 5. The van der Waals surface area contributed by atoms with Gasteiger partial charge in [-0.3, -0.25) is 9.53 Å². The number of aromatic nitrogens is 2. The Labute approximate surface area is 105 Å². The zero-order valence-electron chi connectivity index (χ0n) is 9.90. The molecule has 0 radical (unpaired) electrons. The number of nitrogens with two attached hydrogens (primary N) is 1. The van der Waals surface area contributed by atoms with Crippen LogP contribution >= 0.6 is 0 Å². The molecule has 0 saturated heterocycles. The molecule has 2 aromatic heterocycles. The third-order valence-electron chi connectivity index (χ3n) is 2.43. The number of nitrogens with zero attached hydrogens (tertiary/aromatic N) is 2. The minimum absolute atomic E-state index is 0.418. The number of hydrogen-bond acceptors (Lipinski definition) is 2. The second-order valence-corrected chi connectivity index (χ2v) is 3.82. The van der Waals surface area contributed by atoms with E-state index < -0.39 is 5.91 Å². The van der Waals surface area contributed by atoms with Crippen LogP contribution in [0.2, 0.25) is 0 Å². The Morgan fingerprint density at radius 1 is 1.00 bits per heavy atom. The van der Waals surface area contributed by atoms with Gasteiger partial charge in [-0.1, -0.05) is 6.07 Å². The molecule has 0 saturated carbocycles. The summed E-state index contributed by atoms with van der Waals surface area (Å²) in [6.45, 7) is 0.895. The van der Waals surface area contributed by atoms with Gasteiger partial charge in [0.15, 0.2) is 24.8 Å². The lowest BCUT2D eigenvalue weighted by molar-refractivity contribution is -0.788. The van der Waals surface area contributed by atoms with Crippen molar-refractivity contribution in [1.82, 2.24) is 0 Å². The molecule has 5 heteroatoms. The van der Waals surface area contributed by atoms with Crippen LogP contribution in [-0.2, 0) is 18.2 Å². The maximum absolute atomic E-state index is 10.9. The summed E-state index contributed by atoms with van der Waals surface area (Å²) in [6, 6.07) is 9.17. The molecule has 92 valence electrons. The smallest absolute Gasteiger partial charge is 0.257 e. The van der Waals surface area contributed by atoms with Crippen LogP contribution in [0.3, 0.4) is 0 Å². The highest BCUT2D eigenvalue weighted by molar-refractivity contribution is 5.92. The molecule has 2 rings (SSSR count). The molecule has 0 spiro atoms. The van der Waals surface area contributed by atoms with Gasteiger partial charge in [0.25, 0.3) is 13.5 Å². The molecule has 0 fully saturated rings. The van der Waals surface area contributed by atoms with Crippen molar-refractivity contribution in [3.05, 3.63) is 60.7 Å². The average molecular weight is 245 g/mol. The van der Waals surface area contributed by atoms with E-state index in [-0.39, 0.29) is 0 Å². The predicted molar refractivity (Wildman–Crippen MR) is 62.9 cm³/mol. The van der Waals surface area contributed by atoms with Gasteiger partial charge in [-0.2, -0.15) is 9.13 Å². The second kappa shape index (κ2) is 5.88. The van der Waals surface area contributed by atoms with Gasteiger partial charge in [0.1, 0.15) is 0 Å². The van der Waals surface area contributed by atoms with Crippen molar-refractivity contribution in [1.29, 1.82) is 0 Å². The Kier molecular flexibility index (Phi) is 3.98. The number of carbonyl (C=O) groups is 1. The van der Waals surface area contributed by atoms with Gasteiger partial charge in [0, 0.05) is 24.3 Å². The van der Waals surface area contributed by atoms with Gasteiger partial charge in [-0.25, -0.2) is 0 Å². The summed E-state index contributed by atoms with van der Waals surface area (Å²) in [5.41, 5.74) is 5.65. The van der Waals surface area contributed by atoms with Crippen LogP contribution < -0.4 is 14.9 Å². The summed E-state index contributed by atoms with van der Waals surface area (Å²) in [6.07, 6.45) is 7.38. The molecule has 0 aliphatic heterocycles. The minimum atomic E-state index is -0.428. The summed E-state index contributed by atoms with van der Waals surface area (Å²) in [7, 11) is 0. The maximum Gasteiger partial charge on any atom is 0.257 e. The molecule has 0 aliphatic carbocycles. The van der Waals surface area contributed by atoms with Crippen molar-refractivity contribution in [2.45, 2.75) is 13.5 Å². The Bertz CT molecular complexity index is 512. The summed E-state index contributed by atoms with van der Waals surface area (Å²) in [5, 5.41) is 0. The molecule has 2 heterocycles. The van der Waals surface area contributed by atoms with E-state index in [1.54, 1.807) is 24.5 Å². The van der Waals surface area contributed by atoms with Gasteiger partial charge in [0.2, 0.25) is 5.91 Å². The molecule has 0 unspecified atom stereocenters. The van der Waals surface area contributed by atoms with Crippen molar-refractivity contribution in [3.63, 3.8) is 0 Å². The van der Waals surface area contributed by atoms with Gasteiger partial charge in [-0.15, -0.1) is 0 Å². The normalized spacial score (nSPS) is 10.2. The fourth-order valence-electron chi connectivity index (χ4n) is 1.48. The SMILES string of the molecule is NC(=O)c1cc[n+](COC[n+]2ccccc2)cc1. The lowest BCUT2D eigenvalue weighted by Gasteiger charge is -1.98. The van der Waals surface area contributed by atoms with E-state index in [0.29, 0.717) is 19.0 Å². The third kappa shape index (κ3) is 3.36. The third-order valence-corrected chi connectivity index (χ3v) is 2.43. The molecule has 0 aliphatic rings. The number of pyridine rings is 2. The molecular formula is C13H15N3O2+2. The number of ether oxygens (including phenoxy) is 1. The minimum Gasteiger partial charge on any atom is -0.366 e. The van der Waals surface area contributed by atoms with Gasteiger partial charge in [0.05, 0.1) is 5.56 Å². The average Bonchev–Trinajstić information content (AvgIpc) is 2.40. The molecule has 5 nitrogen and oxygen atoms in total. The van der Waals surface area contributed by atoms with Gasteiger partial charge in [-0.05, 0) is 0 Å². The molecule has 0 aromatic carbocycles. The van der Waals surface area contributed by atoms with E-state index >= 15 is 0 Å². The number of carbonyl (C=O) groups excluding carboxylic acids is 1. The quantitative estimate of drug-likeness (QED) is 0.753. The first-order valence-electron chi connectivity index (χ1n) is 5.56. The molecule has 2 N–H and O–H groups in total. The Morgan fingerprint density at radius 2 is 1.56 bits per heavy atom. The molecular weight excluding hydrogens is 230 g/mol. The summed E-state index contributed by atoms with van der Waals surface area (Å²) in [5.74, 6) is -0.428. The van der Waals surface area contributed by atoms with Crippen LogP contribution in [-0.4, -0.2) is 5.91 Å². The fraction of sp³-hybridized carbons (Fsp3) is 0.154. The van der Waals surface area contributed by atoms with E-state index in [4.69, 9.17) is 10.5 Å². The van der Waals surface area contributed by atoms with E-state index in [1.165, 1.54) is 0 Å². The number of amides is 1. The zero-order valence-corrected chi connectivity index (χ0v) is 9.90. The maximum atomic E-state index is 10.9. The van der Waals surface area contributed by atoms with Crippen molar-refractivity contribution < 1.29 is 18.7 Å². The zero-order chi connectivity index (χ0) is 12.8. The van der Waals surface area contributed by atoms with Crippen LogP contribution in [0.4, 0.5) is 0 Å². The highest BCUT2D eigenvalue weighted by atomic mass is 16.5. The van der Waals surface area contributed by atoms with Crippen molar-refractivity contribution in [2.75, 3.05) is 0 Å². The lowest BCUT2D eigenvalue weighted by Crippen LogP contribution is -2.40. The first-order valence-corrected chi connectivity index (χ1v) is 5.56. The van der Waals surface area contributed by atoms with Crippen LogP contribution in [0.5, 0.6) is 0 Å². The Hall–Kier alpha value is -2.27. The first-order chi connectivity index (χ1) is 8.75. The van der Waals surface area contributed by atoms with Crippen LogP contribution in [0, 0.1) is 0 Å². The summed E-state index contributed by atoms with van der Waals surface area (Å²) < 4.78 is 9.27. The Balaban J connectivity index is 1.85. The predicted octanol–water partition coefficient (Wildman–Crippen LogP) is -0.00770. The molecule has 2 aromatic rings. The molecule has 1 amide bonds. The van der Waals surface area contributed by atoms with Crippen molar-refractivity contribution in [3.8, 4) is 0 Å². The van der Waals surface area contributed by atoms with Crippen molar-refractivity contribution >= 4 is 5.91 Å². The van der Waals surface area contributed by atoms with Crippen LogP contribution in [0.15, 0.2) is 55.1 Å². The topological polar surface area (TPSA) is 60.1 Å². The summed E-state index contributed by atoms with van der Waals surface area (Å²) in [4.78, 5) is 10.9. The van der Waals surface area contributed by atoms with Crippen LogP contribution in [0.1, 0.15) is 10.4 Å². The lowest BCUT2D eigenvalue weighted by atomic mass is 10.2. The van der Waals surface area contributed by atoms with Gasteiger partial charge < -0.3 is 5.73 Å². The monoisotopic (exact) mass is 245 g/mol. The summed E-state index contributed by atoms with van der Waals surface area (Å²) >= 11 is 0. The standard InChI is InChI=1S/C13H14N3O2/c14-13(17)12-4-8-16(9-5-12)11-18-10-15-6-2-1-3-7-15/h1-9H,10-11H2,(H-,14,17)/q+1/p+1. The van der Waals surface area contributed by atoms with Gasteiger partial charge >= 0.3 is 0 Å². The second-order valence-electron chi connectivity index (χ2n) is 3.82. The largest absolute Gasteiger partial charge is 0.366 e. The molecule has 18 heavy (non-hydrogen) atoms. The molecule has 0 bridgehead atoms. The van der Waals surface area contributed by atoms with Crippen molar-refractivity contribution in [2.24, 2.45) is 5.73 Å².